The first kappa shape index (κ1) is 11.3. The van der Waals surface area contributed by atoms with Crippen molar-refractivity contribution < 1.29 is 4.74 Å². The first-order chi connectivity index (χ1) is 6.77. The van der Waals surface area contributed by atoms with Crippen molar-refractivity contribution in [2.45, 2.75) is 13.3 Å². The van der Waals surface area contributed by atoms with E-state index < -0.39 is 0 Å². The van der Waals surface area contributed by atoms with E-state index >= 15 is 0 Å². The number of benzene rings is 1. The Labute approximate surface area is 93.9 Å². The fourth-order valence-corrected chi connectivity index (χ4v) is 1.49. The van der Waals surface area contributed by atoms with Gasteiger partial charge in [-0.15, -0.1) is 0 Å². The van der Waals surface area contributed by atoms with E-state index in [0.29, 0.717) is 0 Å². The molecule has 0 spiro atoms. The number of methoxy groups -OCH3 is 1. The molecule has 76 valence electrons. The van der Waals surface area contributed by atoms with Gasteiger partial charge < -0.3 is 4.74 Å². The Morgan fingerprint density at radius 3 is 2.93 bits per heavy atom. The van der Waals surface area contributed by atoms with Gasteiger partial charge in [0.05, 0.1) is 7.11 Å². The van der Waals surface area contributed by atoms with Gasteiger partial charge in [0.25, 0.3) is 0 Å². The summed E-state index contributed by atoms with van der Waals surface area (Å²) in [5.74, 6) is 0.911. The minimum atomic E-state index is 0.911. The van der Waals surface area contributed by atoms with Crippen molar-refractivity contribution in [1.29, 1.82) is 0 Å². The van der Waals surface area contributed by atoms with Crippen LogP contribution in [0.15, 0.2) is 30.3 Å². The predicted molar refractivity (Wildman–Crippen MR) is 65.1 cm³/mol. The molecule has 0 saturated carbocycles. The zero-order valence-corrected chi connectivity index (χ0v) is 10.2. The van der Waals surface area contributed by atoms with E-state index in [1.807, 2.05) is 12.1 Å². The van der Waals surface area contributed by atoms with Gasteiger partial charge in [0.1, 0.15) is 5.75 Å². The molecule has 0 aromatic heterocycles. The van der Waals surface area contributed by atoms with Crippen molar-refractivity contribution in [2.24, 2.45) is 0 Å². The lowest BCUT2D eigenvalue weighted by molar-refractivity contribution is 0.414. The van der Waals surface area contributed by atoms with Crippen molar-refractivity contribution in [1.82, 2.24) is 0 Å². The smallest absolute Gasteiger partial charge is 0.119 e. The lowest BCUT2D eigenvalue weighted by Crippen LogP contribution is -1.85. The molecule has 0 amide bonds. The van der Waals surface area contributed by atoms with Gasteiger partial charge in [0.2, 0.25) is 0 Å². The van der Waals surface area contributed by atoms with Gasteiger partial charge in [-0.3, -0.25) is 0 Å². The molecule has 0 saturated heterocycles. The third kappa shape index (κ3) is 3.18. The van der Waals surface area contributed by atoms with E-state index in [-0.39, 0.29) is 0 Å². The van der Waals surface area contributed by atoms with Gasteiger partial charge in [-0.25, -0.2) is 0 Å². The van der Waals surface area contributed by atoms with Crippen molar-refractivity contribution in [3.8, 4) is 5.75 Å². The largest absolute Gasteiger partial charge is 0.497 e. The summed E-state index contributed by atoms with van der Waals surface area (Å²) in [7, 11) is 1.69. The summed E-state index contributed by atoms with van der Waals surface area (Å²) in [6.07, 6.45) is 3.28. The molecular weight excluding hydrogens is 240 g/mol. The molecule has 0 heterocycles. The molecule has 0 aliphatic rings. The standard InChI is InChI=1S/C12H15BrO/c1-10(5-4-8-13)11-6-3-7-12(9-11)14-2/h3,5-7,9H,4,8H2,1-2H3. The number of allylic oxidation sites excluding steroid dienone is 2. The highest BCUT2D eigenvalue weighted by Gasteiger charge is 1.96. The second-order valence-electron chi connectivity index (χ2n) is 3.10. The summed E-state index contributed by atoms with van der Waals surface area (Å²) in [6.45, 7) is 2.12. The number of rotatable bonds is 4. The van der Waals surface area contributed by atoms with Gasteiger partial charge in [-0.1, -0.05) is 34.1 Å². The van der Waals surface area contributed by atoms with Crippen LogP contribution in [0.25, 0.3) is 5.57 Å². The van der Waals surface area contributed by atoms with Crippen molar-refractivity contribution in [2.75, 3.05) is 12.4 Å². The molecule has 0 radical (unpaired) electrons. The average molecular weight is 255 g/mol. The molecule has 1 aromatic rings. The van der Waals surface area contributed by atoms with E-state index in [1.54, 1.807) is 7.11 Å². The van der Waals surface area contributed by atoms with Gasteiger partial charge in [0, 0.05) is 5.33 Å². The van der Waals surface area contributed by atoms with Gasteiger partial charge >= 0.3 is 0 Å². The normalized spacial score (nSPS) is 11.5. The third-order valence-corrected chi connectivity index (χ3v) is 2.54. The van der Waals surface area contributed by atoms with E-state index in [0.717, 1.165) is 17.5 Å². The quantitative estimate of drug-likeness (QED) is 0.742. The minimum Gasteiger partial charge on any atom is -0.497 e. The third-order valence-electron chi connectivity index (χ3n) is 2.08. The lowest BCUT2D eigenvalue weighted by Gasteiger charge is -2.04. The van der Waals surface area contributed by atoms with E-state index in [1.165, 1.54) is 11.1 Å². The van der Waals surface area contributed by atoms with Crippen LogP contribution in [0, 0.1) is 0 Å². The molecule has 0 atom stereocenters. The Kier molecular flexibility index (Phi) is 4.74. The Morgan fingerprint density at radius 1 is 1.50 bits per heavy atom. The maximum absolute atomic E-state index is 5.17. The minimum absolute atomic E-state index is 0.911. The van der Waals surface area contributed by atoms with Crippen LogP contribution in [-0.2, 0) is 0 Å². The zero-order chi connectivity index (χ0) is 10.4. The topological polar surface area (TPSA) is 9.23 Å². The molecule has 0 N–H and O–H groups in total. The average Bonchev–Trinajstić information content (AvgIpc) is 2.26. The van der Waals surface area contributed by atoms with E-state index in [4.69, 9.17) is 4.74 Å². The summed E-state index contributed by atoms with van der Waals surface area (Å²) in [6, 6.07) is 8.13. The summed E-state index contributed by atoms with van der Waals surface area (Å²) in [4.78, 5) is 0. The number of hydrogen-bond acceptors (Lipinski definition) is 1. The van der Waals surface area contributed by atoms with Gasteiger partial charge in [-0.05, 0) is 36.6 Å². The predicted octanol–water partition coefficient (Wildman–Crippen LogP) is 3.88. The first-order valence-electron chi connectivity index (χ1n) is 4.65. The van der Waals surface area contributed by atoms with Crippen molar-refractivity contribution in [3.63, 3.8) is 0 Å². The molecule has 0 aliphatic carbocycles. The van der Waals surface area contributed by atoms with Gasteiger partial charge in [-0.2, -0.15) is 0 Å². The number of halogens is 1. The fraction of sp³-hybridized carbons (Fsp3) is 0.333. The molecule has 1 rings (SSSR count). The SMILES string of the molecule is COc1cccc(C(C)=CCCBr)c1. The van der Waals surface area contributed by atoms with Crippen LogP contribution in [0.5, 0.6) is 5.75 Å². The highest BCUT2D eigenvalue weighted by molar-refractivity contribution is 9.09. The molecule has 0 bridgehead atoms. The Hall–Kier alpha value is -0.760. The second kappa shape index (κ2) is 5.86. The Morgan fingerprint density at radius 2 is 2.29 bits per heavy atom. The van der Waals surface area contributed by atoms with Crippen LogP contribution in [0.1, 0.15) is 18.9 Å². The molecule has 14 heavy (non-hydrogen) atoms. The molecule has 1 nitrogen and oxygen atoms in total. The fourth-order valence-electron chi connectivity index (χ4n) is 1.26. The van der Waals surface area contributed by atoms with E-state index in [9.17, 15) is 0 Å². The summed E-state index contributed by atoms with van der Waals surface area (Å²) in [5.41, 5.74) is 2.52. The highest BCUT2D eigenvalue weighted by Crippen LogP contribution is 2.19. The first-order valence-corrected chi connectivity index (χ1v) is 5.77. The molecule has 0 unspecified atom stereocenters. The number of alkyl halides is 1. The molecule has 0 fully saturated rings. The van der Waals surface area contributed by atoms with Crippen LogP contribution in [0.2, 0.25) is 0 Å². The van der Waals surface area contributed by atoms with E-state index in [2.05, 4.69) is 41.1 Å². The molecule has 2 heteroatoms. The lowest BCUT2D eigenvalue weighted by atomic mass is 10.1. The number of hydrogen-bond donors (Lipinski definition) is 0. The van der Waals surface area contributed by atoms with Crippen LogP contribution in [0.3, 0.4) is 0 Å². The summed E-state index contributed by atoms with van der Waals surface area (Å²) in [5, 5.41) is 1.01. The maximum atomic E-state index is 5.17. The van der Waals surface area contributed by atoms with Gasteiger partial charge in [0.15, 0.2) is 0 Å². The van der Waals surface area contributed by atoms with Crippen LogP contribution < -0.4 is 4.74 Å². The van der Waals surface area contributed by atoms with Crippen LogP contribution in [-0.4, -0.2) is 12.4 Å². The van der Waals surface area contributed by atoms with Crippen molar-refractivity contribution >= 4 is 21.5 Å². The van der Waals surface area contributed by atoms with Crippen molar-refractivity contribution in [3.05, 3.63) is 35.9 Å². The monoisotopic (exact) mass is 254 g/mol. The van der Waals surface area contributed by atoms with Crippen LogP contribution >= 0.6 is 15.9 Å². The summed E-state index contributed by atoms with van der Waals surface area (Å²) >= 11 is 3.41. The molecular formula is C12H15BrO. The summed E-state index contributed by atoms with van der Waals surface area (Å²) < 4.78 is 5.17. The maximum Gasteiger partial charge on any atom is 0.119 e. The second-order valence-corrected chi connectivity index (χ2v) is 3.89. The van der Waals surface area contributed by atoms with Crippen LogP contribution in [0.4, 0.5) is 0 Å². The molecule has 1 aromatic carbocycles. The Balaban J connectivity index is 2.84. The highest BCUT2D eigenvalue weighted by atomic mass is 79.9. The molecule has 0 aliphatic heterocycles. The number of ether oxygens (including phenoxy) is 1. The zero-order valence-electron chi connectivity index (χ0n) is 8.59. The Bertz CT molecular complexity index is 318.